The highest BCUT2D eigenvalue weighted by Gasteiger charge is 2.30. The molecule has 1 aliphatic carbocycles. The number of nitrogens with zero attached hydrogens (tertiary/aromatic N) is 1. The fourth-order valence-electron chi connectivity index (χ4n) is 3.14. The van der Waals surface area contributed by atoms with Crippen LogP contribution in [0.25, 0.3) is 0 Å². The number of rotatable bonds is 3. The number of thioether (sulfide) groups is 1. The molecule has 0 amide bonds. The molecule has 2 aliphatic rings. The second-order valence-corrected chi connectivity index (χ2v) is 8.41. The van der Waals surface area contributed by atoms with E-state index in [0.717, 1.165) is 12.5 Å². The Labute approximate surface area is 116 Å². The van der Waals surface area contributed by atoms with Crippen molar-refractivity contribution >= 4 is 16.9 Å². The van der Waals surface area contributed by atoms with E-state index >= 15 is 0 Å². The minimum atomic E-state index is 0.511. The van der Waals surface area contributed by atoms with Gasteiger partial charge in [0.1, 0.15) is 0 Å². The van der Waals surface area contributed by atoms with Gasteiger partial charge in [-0.3, -0.25) is 4.99 Å². The molecular formula is C15H28N2S. The van der Waals surface area contributed by atoms with Crippen LogP contribution in [-0.2, 0) is 0 Å². The van der Waals surface area contributed by atoms with Crippen molar-refractivity contribution in [3.63, 3.8) is 0 Å². The van der Waals surface area contributed by atoms with E-state index < -0.39 is 0 Å². The van der Waals surface area contributed by atoms with Crippen molar-refractivity contribution < 1.29 is 0 Å². The Morgan fingerprint density at radius 1 is 1.44 bits per heavy atom. The summed E-state index contributed by atoms with van der Waals surface area (Å²) in [6.07, 6.45) is 6.63. The van der Waals surface area contributed by atoms with Crippen LogP contribution in [0.15, 0.2) is 4.99 Å². The van der Waals surface area contributed by atoms with E-state index in [1.807, 2.05) is 11.8 Å². The molecule has 0 aromatic heterocycles. The van der Waals surface area contributed by atoms with Gasteiger partial charge in [0.2, 0.25) is 0 Å². The molecule has 2 atom stereocenters. The maximum absolute atomic E-state index is 4.68. The molecule has 1 N–H and O–H groups in total. The Hall–Kier alpha value is -0.180. The third-order valence-electron chi connectivity index (χ3n) is 3.98. The minimum Gasteiger partial charge on any atom is -0.362 e. The molecule has 2 unspecified atom stereocenters. The van der Waals surface area contributed by atoms with Gasteiger partial charge in [0.15, 0.2) is 5.17 Å². The zero-order valence-electron chi connectivity index (χ0n) is 12.3. The van der Waals surface area contributed by atoms with E-state index in [9.17, 15) is 0 Å². The molecule has 2 rings (SSSR count). The molecule has 3 heteroatoms. The first-order valence-electron chi connectivity index (χ1n) is 7.42. The lowest BCUT2D eigenvalue weighted by Crippen LogP contribution is -2.39. The van der Waals surface area contributed by atoms with Crippen LogP contribution in [-0.4, -0.2) is 23.0 Å². The molecule has 2 nitrogen and oxygen atoms in total. The summed E-state index contributed by atoms with van der Waals surface area (Å²) in [7, 11) is 0. The molecule has 18 heavy (non-hydrogen) atoms. The highest BCUT2D eigenvalue weighted by atomic mass is 32.2. The van der Waals surface area contributed by atoms with Crippen LogP contribution in [0.2, 0.25) is 0 Å². The topological polar surface area (TPSA) is 24.4 Å². The van der Waals surface area contributed by atoms with Gasteiger partial charge in [-0.1, -0.05) is 45.9 Å². The lowest BCUT2D eigenvalue weighted by atomic mass is 9.75. The Morgan fingerprint density at radius 3 is 2.89 bits per heavy atom. The van der Waals surface area contributed by atoms with Crippen LogP contribution in [0.4, 0.5) is 0 Å². The number of aliphatic imine (C=N–C) groups is 1. The molecule has 0 radical (unpaired) electrons. The van der Waals surface area contributed by atoms with E-state index in [0.29, 0.717) is 16.7 Å². The van der Waals surface area contributed by atoms with Crippen LogP contribution in [0.5, 0.6) is 0 Å². The normalized spacial score (nSPS) is 31.5. The van der Waals surface area contributed by atoms with Crippen molar-refractivity contribution in [2.75, 3.05) is 6.54 Å². The monoisotopic (exact) mass is 268 g/mol. The van der Waals surface area contributed by atoms with Crippen LogP contribution < -0.4 is 5.32 Å². The molecule has 0 bridgehead atoms. The molecule has 104 valence electrons. The smallest absolute Gasteiger partial charge is 0.157 e. The van der Waals surface area contributed by atoms with Crippen LogP contribution >= 0.6 is 11.8 Å². The Kier molecular flexibility index (Phi) is 4.63. The van der Waals surface area contributed by atoms with Crippen molar-refractivity contribution in [2.45, 2.75) is 71.1 Å². The number of hydrogen-bond acceptors (Lipinski definition) is 3. The second kappa shape index (κ2) is 5.85. The summed E-state index contributed by atoms with van der Waals surface area (Å²) in [5.74, 6) is 0.783. The zero-order valence-corrected chi connectivity index (χ0v) is 13.1. The number of hydrogen-bond donors (Lipinski definition) is 1. The first kappa shape index (κ1) is 14.2. The Bertz CT molecular complexity index is 310. The molecular weight excluding hydrogens is 240 g/mol. The Morgan fingerprint density at radius 2 is 2.22 bits per heavy atom. The SMILES string of the molecule is CC(C)CC1CN=C(NC2CCCC(C)(C)C2)S1. The maximum Gasteiger partial charge on any atom is 0.157 e. The average Bonchev–Trinajstić information content (AvgIpc) is 2.62. The fourth-order valence-corrected chi connectivity index (χ4v) is 4.47. The summed E-state index contributed by atoms with van der Waals surface area (Å²) < 4.78 is 0. The molecule has 1 aliphatic heterocycles. The highest BCUT2D eigenvalue weighted by Crippen LogP contribution is 2.36. The largest absolute Gasteiger partial charge is 0.362 e. The lowest BCUT2D eigenvalue weighted by Gasteiger charge is -2.35. The molecule has 1 fully saturated rings. The third kappa shape index (κ3) is 4.18. The third-order valence-corrected chi connectivity index (χ3v) is 5.13. The van der Waals surface area contributed by atoms with Gasteiger partial charge in [0.25, 0.3) is 0 Å². The quantitative estimate of drug-likeness (QED) is 0.834. The lowest BCUT2D eigenvalue weighted by molar-refractivity contribution is 0.211. The highest BCUT2D eigenvalue weighted by molar-refractivity contribution is 8.14. The van der Waals surface area contributed by atoms with Crippen molar-refractivity contribution in [3.05, 3.63) is 0 Å². The second-order valence-electron chi connectivity index (χ2n) is 7.12. The first-order chi connectivity index (χ1) is 8.44. The zero-order chi connectivity index (χ0) is 13.2. The summed E-state index contributed by atoms with van der Waals surface area (Å²) in [6, 6.07) is 0.651. The summed E-state index contributed by atoms with van der Waals surface area (Å²) in [5, 5.41) is 5.61. The van der Waals surface area contributed by atoms with Gasteiger partial charge in [0.05, 0.1) is 6.54 Å². The Balaban J connectivity index is 1.77. The molecule has 0 aromatic carbocycles. The van der Waals surface area contributed by atoms with Gasteiger partial charge in [-0.2, -0.15) is 0 Å². The number of nitrogens with one attached hydrogen (secondary N) is 1. The molecule has 0 aromatic rings. The molecule has 1 saturated carbocycles. The van der Waals surface area contributed by atoms with Gasteiger partial charge < -0.3 is 5.32 Å². The molecule has 0 saturated heterocycles. The summed E-state index contributed by atoms with van der Waals surface area (Å²) >= 11 is 1.97. The number of amidine groups is 1. The first-order valence-corrected chi connectivity index (χ1v) is 8.30. The van der Waals surface area contributed by atoms with Crippen LogP contribution in [0.3, 0.4) is 0 Å². The fraction of sp³-hybridized carbons (Fsp3) is 0.933. The summed E-state index contributed by atoms with van der Waals surface area (Å²) in [5.41, 5.74) is 0.511. The van der Waals surface area contributed by atoms with E-state index in [1.165, 1.54) is 37.3 Å². The van der Waals surface area contributed by atoms with E-state index in [4.69, 9.17) is 0 Å². The van der Waals surface area contributed by atoms with Gasteiger partial charge in [-0.25, -0.2) is 0 Å². The van der Waals surface area contributed by atoms with E-state index in [-0.39, 0.29) is 0 Å². The van der Waals surface area contributed by atoms with Crippen LogP contribution in [0, 0.1) is 11.3 Å². The van der Waals surface area contributed by atoms with Gasteiger partial charge in [-0.05, 0) is 37.0 Å². The van der Waals surface area contributed by atoms with Gasteiger partial charge >= 0.3 is 0 Å². The van der Waals surface area contributed by atoms with E-state index in [1.54, 1.807) is 0 Å². The van der Waals surface area contributed by atoms with Gasteiger partial charge in [0, 0.05) is 11.3 Å². The van der Waals surface area contributed by atoms with Crippen molar-refractivity contribution in [1.29, 1.82) is 0 Å². The van der Waals surface area contributed by atoms with Crippen molar-refractivity contribution in [1.82, 2.24) is 5.32 Å². The average molecular weight is 268 g/mol. The van der Waals surface area contributed by atoms with Crippen molar-refractivity contribution in [3.8, 4) is 0 Å². The molecule has 0 spiro atoms. The van der Waals surface area contributed by atoms with Crippen molar-refractivity contribution in [2.24, 2.45) is 16.3 Å². The predicted octanol–water partition coefficient (Wildman–Crippen LogP) is 4.06. The summed E-state index contributed by atoms with van der Waals surface area (Å²) in [4.78, 5) is 4.68. The molecule has 1 heterocycles. The standard InChI is InChI=1S/C15H28N2S/c1-11(2)8-13-10-16-14(18-13)17-12-6-5-7-15(3,4)9-12/h11-13H,5-10H2,1-4H3,(H,16,17). The van der Waals surface area contributed by atoms with E-state index in [2.05, 4.69) is 38.0 Å². The minimum absolute atomic E-state index is 0.511. The van der Waals surface area contributed by atoms with Gasteiger partial charge in [-0.15, -0.1) is 0 Å². The summed E-state index contributed by atoms with van der Waals surface area (Å²) in [6.45, 7) is 10.4. The maximum atomic E-state index is 4.68. The van der Waals surface area contributed by atoms with Crippen LogP contribution in [0.1, 0.15) is 59.8 Å². The predicted molar refractivity (Wildman–Crippen MR) is 82.3 cm³/mol.